The van der Waals surface area contributed by atoms with Crippen LogP contribution in [0.15, 0.2) is 23.1 Å². The van der Waals surface area contributed by atoms with Crippen LogP contribution in [-0.4, -0.2) is 11.9 Å². The molecule has 0 heterocycles. The second kappa shape index (κ2) is 5.54. The van der Waals surface area contributed by atoms with E-state index in [-0.39, 0.29) is 17.5 Å². The molecular formula is C13H16FNOS. The molecule has 2 rings (SSSR count). The maximum Gasteiger partial charge on any atom is 0.254 e. The van der Waals surface area contributed by atoms with Crippen molar-refractivity contribution in [3.8, 4) is 0 Å². The lowest BCUT2D eigenvalue weighted by molar-refractivity contribution is 0.0923. The Morgan fingerprint density at radius 3 is 2.71 bits per heavy atom. The fourth-order valence-corrected chi connectivity index (χ4v) is 2.40. The van der Waals surface area contributed by atoms with Crippen LogP contribution < -0.4 is 5.32 Å². The van der Waals surface area contributed by atoms with Crippen LogP contribution in [0.4, 0.5) is 4.39 Å². The molecule has 4 heteroatoms. The fraction of sp³-hybridized carbons (Fsp3) is 0.462. The van der Waals surface area contributed by atoms with Gasteiger partial charge in [-0.1, -0.05) is 19.3 Å². The van der Waals surface area contributed by atoms with Crippen molar-refractivity contribution in [2.45, 2.75) is 43.0 Å². The molecule has 1 amide bonds. The minimum atomic E-state index is -0.490. The number of carbonyl (C=O) groups excluding carboxylic acids is 1. The molecule has 0 saturated heterocycles. The first-order valence-corrected chi connectivity index (χ1v) is 6.41. The SMILES string of the molecule is O=C(NC1CCCCC1)c1cc(S)ccc1F. The van der Waals surface area contributed by atoms with Crippen LogP contribution in [-0.2, 0) is 0 Å². The minimum Gasteiger partial charge on any atom is -0.349 e. The van der Waals surface area contributed by atoms with Gasteiger partial charge in [-0.05, 0) is 31.0 Å². The molecule has 0 aromatic heterocycles. The highest BCUT2D eigenvalue weighted by Gasteiger charge is 2.18. The Kier molecular flexibility index (Phi) is 4.05. The topological polar surface area (TPSA) is 29.1 Å². The zero-order valence-electron chi connectivity index (χ0n) is 9.58. The summed E-state index contributed by atoms with van der Waals surface area (Å²) >= 11 is 4.12. The maximum atomic E-state index is 13.5. The van der Waals surface area contributed by atoms with Gasteiger partial charge in [0.2, 0.25) is 0 Å². The zero-order chi connectivity index (χ0) is 12.3. The summed E-state index contributed by atoms with van der Waals surface area (Å²) in [5.74, 6) is -0.818. The molecule has 1 aromatic carbocycles. The number of thiol groups is 1. The molecule has 17 heavy (non-hydrogen) atoms. The summed E-state index contributed by atoms with van der Waals surface area (Å²) in [7, 11) is 0. The monoisotopic (exact) mass is 253 g/mol. The van der Waals surface area contributed by atoms with Gasteiger partial charge < -0.3 is 5.32 Å². The molecule has 0 unspecified atom stereocenters. The van der Waals surface area contributed by atoms with Crippen LogP contribution >= 0.6 is 12.6 Å². The van der Waals surface area contributed by atoms with Crippen molar-refractivity contribution in [3.63, 3.8) is 0 Å². The van der Waals surface area contributed by atoms with Crippen LogP contribution in [0.3, 0.4) is 0 Å². The summed E-state index contributed by atoms with van der Waals surface area (Å²) < 4.78 is 13.5. The van der Waals surface area contributed by atoms with E-state index in [1.54, 1.807) is 0 Å². The number of carbonyl (C=O) groups is 1. The average molecular weight is 253 g/mol. The quantitative estimate of drug-likeness (QED) is 0.779. The largest absolute Gasteiger partial charge is 0.349 e. The highest BCUT2D eigenvalue weighted by atomic mass is 32.1. The molecule has 1 aromatic rings. The molecule has 0 bridgehead atoms. The number of amides is 1. The first kappa shape index (κ1) is 12.4. The Morgan fingerprint density at radius 2 is 2.00 bits per heavy atom. The van der Waals surface area contributed by atoms with E-state index in [1.807, 2.05) is 0 Å². The smallest absolute Gasteiger partial charge is 0.254 e. The van der Waals surface area contributed by atoms with Crippen molar-refractivity contribution in [1.29, 1.82) is 0 Å². The molecule has 1 aliphatic carbocycles. The van der Waals surface area contributed by atoms with Crippen LogP contribution in [0, 0.1) is 5.82 Å². The summed E-state index contributed by atoms with van der Waals surface area (Å²) in [6.07, 6.45) is 5.49. The molecule has 92 valence electrons. The molecule has 2 nitrogen and oxygen atoms in total. The van der Waals surface area contributed by atoms with Crippen molar-refractivity contribution in [1.82, 2.24) is 5.32 Å². The van der Waals surface area contributed by atoms with Crippen LogP contribution in [0.2, 0.25) is 0 Å². The predicted molar refractivity (Wildman–Crippen MR) is 68.0 cm³/mol. The third-order valence-corrected chi connectivity index (χ3v) is 3.41. The molecule has 0 radical (unpaired) electrons. The van der Waals surface area contributed by atoms with E-state index in [1.165, 1.54) is 24.6 Å². The highest BCUT2D eigenvalue weighted by Crippen LogP contribution is 2.19. The standard InChI is InChI=1S/C13H16FNOS/c14-12-7-6-10(17)8-11(12)13(16)15-9-4-2-1-3-5-9/h6-9,17H,1-5H2,(H,15,16). The van der Waals surface area contributed by atoms with Crippen LogP contribution in [0.5, 0.6) is 0 Å². The van der Waals surface area contributed by atoms with Gasteiger partial charge in [0.15, 0.2) is 0 Å². The first-order valence-electron chi connectivity index (χ1n) is 5.96. The third-order valence-electron chi connectivity index (χ3n) is 3.13. The van der Waals surface area contributed by atoms with E-state index in [9.17, 15) is 9.18 Å². The maximum absolute atomic E-state index is 13.5. The van der Waals surface area contributed by atoms with Gasteiger partial charge in [0.25, 0.3) is 5.91 Å². The number of hydrogen-bond acceptors (Lipinski definition) is 2. The van der Waals surface area contributed by atoms with Crippen LogP contribution in [0.1, 0.15) is 42.5 Å². The van der Waals surface area contributed by atoms with E-state index in [4.69, 9.17) is 0 Å². The lowest BCUT2D eigenvalue weighted by atomic mass is 9.95. The normalized spacial score (nSPS) is 16.8. The average Bonchev–Trinajstić information content (AvgIpc) is 2.33. The Labute approximate surface area is 106 Å². The van der Waals surface area contributed by atoms with Gasteiger partial charge >= 0.3 is 0 Å². The zero-order valence-corrected chi connectivity index (χ0v) is 10.5. The van der Waals surface area contributed by atoms with E-state index in [2.05, 4.69) is 17.9 Å². The summed E-state index contributed by atoms with van der Waals surface area (Å²) in [6.45, 7) is 0. The third kappa shape index (κ3) is 3.22. The van der Waals surface area contributed by atoms with E-state index >= 15 is 0 Å². The molecule has 1 N–H and O–H groups in total. The van der Waals surface area contributed by atoms with Gasteiger partial charge in [0.1, 0.15) is 5.82 Å². The predicted octanol–water partition coefficient (Wildman–Crippen LogP) is 3.18. The van der Waals surface area contributed by atoms with Gasteiger partial charge in [-0.3, -0.25) is 4.79 Å². The van der Waals surface area contributed by atoms with Crippen LogP contribution in [0.25, 0.3) is 0 Å². The molecule has 1 fully saturated rings. The Bertz CT molecular complexity index is 416. The molecule has 0 spiro atoms. The van der Waals surface area contributed by atoms with Crippen molar-refractivity contribution in [2.75, 3.05) is 0 Å². The first-order chi connectivity index (χ1) is 8.16. The minimum absolute atomic E-state index is 0.0862. The Hall–Kier alpha value is -1.03. The van der Waals surface area contributed by atoms with Gasteiger partial charge in [-0.2, -0.15) is 0 Å². The summed E-state index contributed by atoms with van der Waals surface area (Å²) in [5.41, 5.74) is 0.0862. The fourth-order valence-electron chi connectivity index (χ4n) is 2.20. The molecule has 0 atom stereocenters. The number of nitrogens with one attached hydrogen (secondary N) is 1. The lowest BCUT2D eigenvalue weighted by Crippen LogP contribution is -2.36. The van der Waals surface area contributed by atoms with Crippen molar-refractivity contribution in [2.24, 2.45) is 0 Å². The number of benzene rings is 1. The number of hydrogen-bond donors (Lipinski definition) is 2. The number of halogens is 1. The van der Waals surface area contributed by atoms with E-state index < -0.39 is 5.82 Å². The van der Waals surface area contributed by atoms with Gasteiger partial charge in [-0.15, -0.1) is 12.6 Å². The molecule has 1 aliphatic rings. The van der Waals surface area contributed by atoms with Crippen molar-refractivity contribution >= 4 is 18.5 Å². The molecule has 0 aliphatic heterocycles. The van der Waals surface area contributed by atoms with Gasteiger partial charge in [0, 0.05) is 10.9 Å². The highest BCUT2D eigenvalue weighted by molar-refractivity contribution is 7.80. The van der Waals surface area contributed by atoms with Gasteiger partial charge in [-0.25, -0.2) is 4.39 Å². The summed E-state index contributed by atoms with van der Waals surface area (Å²) in [6, 6.07) is 4.48. The Morgan fingerprint density at radius 1 is 1.29 bits per heavy atom. The summed E-state index contributed by atoms with van der Waals surface area (Å²) in [5, 5.41) is 2.89. The molecular weight excluding hydrogens is 237 g/mol. The lowest BCUT2D eigenvalue weighted by Gasteiger charge is -2.22. The van der Waals surface area contributed by atoms with E-state index in [0.29, 0.717) is 4.90 Å². The van der Waals surface area contributed by atoms with Gasteiger partial charge in [0.05, 0.1) is 5.56 Å². The van der Waals surface area contributed by atoms with Crippen molar-refractivity contribution < 1.29 is 9.18 Å². The van der Waals surface area contributed by atoms with E-state index in [0.717, 1.165) is 25.7 Å². The van der Waals surface area contributed by atoms with Crippen molar-refractivity contribution in [3.05, 3.63) is 29.6 Å². The Balaban J connectivity index is 2.05. The number of rotatable bonds is 2. The summed E-state index contributed by atoms with van der Waals surface area (Å²) in [4.78, 5) is 12.5. The molecule has 1 saturated carbocycles. The second-order valence-electron chi connectivity index (χ2n) is 4.47. The second-order valence-corrected chi connectivity index (χ2v) is 4.99.